The van der Waals surface area contributed by atoms with E-state index in [-0.39, 0.29) is 30.1 Å². The van der Waals surface area contributed by atoms with Gasteiger partial charge in [-0.05, 0) is 47.4 Å². The second kappa shape index (κ2) is 12.7. The average Bonchev–Trinajstić information content (AvgIpc) is 2.87. The van der Waals surface area contributed by atoms with Gasteiger partial charge in [-0.2, -0.15) is 0 Å². The van der Waals surface area contributed by atoms with Crippen LogP contribution in [0.4, 0.5) is 4.39 Å². The van der Waals surface area contributed by atoms with E-state index < -0.39 is 6.04 Å². The van der Waals surface area contributed by atoms with Crippen LogP contribution in [0.5, 0.6) is 5.75 Å². The lowest BCUT2D eigenvalue weighted by atomic mass is 10.0. The highest BCUT2D eigenvalue weighted by Gasteiger charge is 2.31. The molecule has 5 nitrogen and oxygen atoms in total. The van der Waals surface area contributed by atoms with Gasteiger partial charge in [0.05, 0.1) is 7.11 Å². The minimum absolute atomic E-state index is 0.124. The van der Waals surface area contributed by atoms with Gasteiger partial charge >= 0.3 is 0 Å². The largest absolute Gasteiger partial charge is 0.497 e. The van der Waals surface area contributed by atoms with Crippen molar-refractivity contribution in [2.45, 2.75) is 39.3 Å². The number of amides is 2. The number of rotatable bonds is 11. The van der Waals surface area contributed by atoms with Gasteiger partial charge in [0.15, 0.2) is 0 Å². The molecule has 0 aromatic heterocycles. The van der Waals surface area contributed by atoms with Gasteiger partial charge in [0.2, 0.25) is 11.8 Å². The van der Waals surface area contributed by atoms with Gasteiger partial charge in [-0.25, -0.2) is 4.39 Å². The smallest absolute Gasteiger partial charge is 0.243 e. The fourth-order valence-corrected chi connectivity index (χ4v) is 3.88. The van der Waals surface area contributed by atoms with Crippen molar-refractivity contribution in [1.29, 1.82) is 0 Å². The lowest BCUT2D eigenvalue weighted by Gasteiger charge is -2.33. The first-order valence-electron chi connectivity index (χ1n) is 11.9. The number of carbonyl (C=O) groups excluding carboxylic acids is 2. The molecule has 0 unspecified atom stereocenters. The van der Waals surface area contributed by atoms with E-state index in [1.54, 1.807) is 24.1 Å². The first-order chi connectivity index (χ1) is 16.9. The molecule has 3 aromatic carbocycles. The summed E-state index contributed by atoms with van der Waals surface area (Å²) < 4.78 is 18.7. The van der Waals surface area contributed by atoms with Crippen LogP contribution >= 0.6 is 0 Å². The lowest BCUT2D eigenvalue weighted by molar-refractivity contribution is -0.143. The molecular formula is C29H33FN2O3. The maximum Gasteiger partial charge on any atom is 0.243 e. The van der Waals surface area contributed by atoms with Gasteiger partial charge in [0, 0.05) is 25.4 Å². The Morgan fingerprint density at radius 2 is 1.51 bits per heavy atom. The quantitative estimate of drug-likeness (QED) is 0.433. The third kappa shape index (κ3) is 7.67. The van der Waals surface area contributed by atoms with Crippen LogP contribution in [0.1, 0.15) is 30.5 Å². The number of nitrogens with zero attached hydrogens (tertiary/aromatic N) is 1. The molecule has 184 valence electrons. The van der Waals surface area contributed by atoms with E-state index in [9.17, 15) is 14.0 Å². The topological polar surface area (TPSA) is 58.6 Å². The van der Waals surface area contributed by atoms with Gasteiger partial charge in [-0.1, -0.05) is 68.4 Å². The predicted molar refractivity (Wildman–Crippen MR) is 135 cm³/mol. The summed E-state index contributed by atoms with van der Waals surface area (Å²) in [6.07, 6.45) is 1.04. The van der Waals surface area contributed by atoms with Crippen LogP contribution in [-0.2, 0) is 29.0 Å². The van der Waals surface area contributed by atoms with Crippen molar-refractivity contribution >= 4 is 11.8 Å². The number of carbonyl (C=O) groups is 2. The molecule has 6 heteroatoms. The summed E-state index contributed by atoms with van der Waals surface area (Å²) in [6, 6.07) is 22.7. The predicted octanol–water partition coefficient (Wildman–Crippen LogP) is 4.79. The maximum atomic E-state index is 13.5. The third-order valence-electron chi connectivity index (χ3n) is 5.87. The van der Waals surface area contributed by atoms with Crippen LogP contribution in [0.3, 0.4) is 0 Å². The summed E-state index contributed by atoms with van der Waals surface area (Å²) in [6.45, 7) is 4.31. The zero-order valence-corrected chi connectivity index (χ0v) is 20.5. The number of ether oxygens (including phenoxy) is 1. The molecule has 1 atom stereocenters. The second-order valence-electron chi connectivity index (χ2n) is 8.84. The standard InChI is InChI=1S/C29H33FN2O3/c1-21(2)29(34)32(20-24-9-13-25(30)14-10-24)27(19-23-7-5-4-6-8-23)28(33)31-18-17-22-11-15-26(35-3)16-12-22/h4-16,21,27H,17-20H2,1-3H3,(H,31,33)/t27-/m1/s1. The van der Waals surface area contributed by atoms with Crippen molar-refractivity contribution < 1.29 is 18.7 Å². The fourth-order valence-electron chi connectivity index (χ4n) is 3.88. The number of methoxy groups -OCH3 is 1. The van der Waals surface area contributed by atoms with Gasteiger partial charge in [0.25, 0.3) is 0 Å². The van der Waals surface area contributed by atoms with Crippen LogP contribution < -0.4 is 10.1 Å². The summed E-state index contributed by atoms with van der Waals surface area (Å²) in [5.41, 5.74) is 2.81. The Labute approximate surface area is 206 Å². The Kier molecular flexibility index (Phi) is 9.41. The van der Waals surface area contributed by atoms with Crippen molar-refractivity contribution in [3.05, 3.63) is 101 Å². The minimum Gasteiger partial charge on any atom is -0.497 e. The van der Waals surface area contributed by atoms with E-state index in [0.29, 0.717) is 19.4 Å². The molecule has 3 rings (SSSR count). The van der Waals surface area contributed by atoms with E-state index in [0.717, 1.165) is 22.4 Å². The van der Waals surface area contributed by atoms with E-state index >= 15 is 0 Å². The molecule has 2 amide bonds. The van der Waals surface area contributed by atoms with Crippen LogP contribution in [0.2, 0.25) is 0 Å². The minimum atomic E-state index is -0.701. The normalized spacial score (nSPS) is 11.7. The maximum absolute atomic E-state index is 13.5. The Morgan fingerprint density at radius 1 is 0.886 bits per heavy atom. The van der Waals surface area contributed by atoms with Crippen LogP contribution in [0, 0.1) is 11.7 Å². The van der Waals surface area contributed by atoms with Crippen LogP contribution in [-0.4, -0.2) is 36.4 Å². The summed E-state index contributed by atoms with van der Waals surface area (Å²) >= 11 is 0. The van der Waals surface area contributed by atoms with Crippen molar-refractivity contribution in [1.82, 2.24) is 10.2 Å². The average molecular weight is 477 g/mol. The monoisotopic (exact) mass is 476 g/mol. The first kappa shape index (κ1) is 25.9. The molecule has 3 aromatic rings. The SMILES string of the molecule is COc1ccc(CCNC(=O)[C@@H](Cc2ccccc2)N(Cc2ccc(F)cc2)C(=O)C(C)C)cc1. The molecule has 0 radical (unpaired) electrons. The first-order valence-corrected chi connectivity index (χ1v) is 11.9. The number of nitrogens with one attached hydrogen (secondary N) is 1. The Morgan fingerprint density at radius 3 is 2.11 bits per heavy atom. The summed E-state index contributed by atoms with van der Waals surface area (Å²) in [7, 11) is 1.62. The van der Waals surface area contributed by atoms with Gasteiger partial charge in [-0.15, -0.1) is 0 Å². The molecule has 0 aliphatic carbocycles. The van der Waals surface area contributed by atoms with Crippen molar-refractivity contribution in [2.24, 2.45) is 5.92 Å². The molecule has 0 heterocycles. The fraction of sp³-hybridized carbons (Fsp3) is 0.310. The zero-order chi connectivity index (χ0) is 25.2. The molecule has 1 N–H and O–H groups in total. The van der Waals surface area contributed by atoms with E-state index in [2.05, 4.69) is 5.32 Å². The molecular weight excluding hydrogens is 443 g/mol. The molecule has 0 saturated carbocycles. The van der Waals surface area contributed by atoms with Crippen LogP contribution in [0.15, 0.2) is 78.9 Å². The van der Waals surface area contributed by atoms with Gasteiger partial charge < -0.3 is 15.0 Å². The highest BCUT2D eigenvalue weighted by molar-refractivity contribution is 5.88. The Balaban J connectivity index is 1.80. The summed E-state index contributed by atoms with van der Waals surface area (Å²) in [4.78, 5) is 28.4. The Hall–Kier alpha value is -3.67. The number of hydrogen-bond acceptors (Lipinski definition) is 3. The number of benzene rings is 3. The summed E-state index contributed by atoms with van der Waals surface area (Å²) in [5, 5.41) is 3.03. The molecule has 0 bridgehead atoms. The van der Waals surface area contributed by atoms with Gasteiger partial charge in [-0.3, -0.25) is 9.59 Å². The highest BCUT2D eigenvalue weighted by Crippen LogP contribution is 2.18. The number of halogens is 1. The lowest BCUT2D eigenvalue weighted by Crippen LogP contribution is -2.51. The Bertz CT molecular complexity index is 1080. The van der Waals surface area contributed by atoms with E-state index in [4.69, 9.17) is 4.74 Å². The van der Waals surface area contributed by atoms with Crippen molar-refractivity contribution in [2.75, 3.05) is 13.7 Å². The number of hydrogen-bond donors (Lipinski definition) is 1. The molecule has 0 aliphatic rings. The molecule has 35 heavy (non-hydrogen) atoms. The second-order valence-corrected chi connectivity index (χ2v) is 8.84. The van der Waals surface area contributed by atoms with E-state index in [1.165, 1.54) is 12.1 Å². The molecule has 0 saturated heterocycles. The summed E-state index contributed by atoms with van der Waals surface area (Å²) in [5.74, 6) is -0.184. The van der Waals surface area contributed by atoms with Gasteiger partial charge in [0.1, 0.15) is 17.6 Å². The molecule has 0 aliphatic heterocycles. The molecule has 0 spiro atoms. The molecule has 0 fully saturated rings. The zero-order valence-electron chi connectivity index (χ0n) is 20.5. The van der Waals surface area contributed by atoms with Crippen molar-refractivity contribution in [3.63, 3.8) is 0 Å². The van der Waals surface area contributed by atoms with Crippen LogP contribution in [0.25, 0.3) is 0 Å². The highest BCUT2D eigenvalue weighted by atomic mass is 19.1. The third-order valence-corrected chi connectivity index (χ3v) is 5.87. The van der Waals surface area contributed by atoms with E-state index in [1.807, 2.05) is 68.4 Å². The van der Waals surface area contributed by atoms with Crippen molar-refractivity contribution in [3.8, 4) is 5.75 Å².